The van der Waals surface area contributed by atoms with Gasteiger partial charge in [-0.1, -0.05) is 30.3 Å². The highest BCUT2D eigenvalue weighted by atomic mass is 16.6. The van der Waals surface area contributed by atoms with Crippen molar-refractivity contribution in [2.45, 2.75) is 70.1 Å². The van der Waals surface area contributed by atoms with E-state index in [4.69, 9.17) is 9.47 Å². The fourth-order valence-electron chi connectivity index (χ4n) is 4.54. The maximum atomic E-state index is 13.4. The number of likely N-dealkylation sites (tertiary alicyclic amines) is 1. The van der Waals surface area contributed by atoms with Crippen molar-refractivity contribution in [3.63, 3.8) is 0 Å². The van der Waals surface area contributed by atoms with Crippen LogP contribution in [0.15, 0.2) is 30.3 Å². The molecular weight excluding hydrogens is 438 g/mol. The molecule has 9 nitrogen and oxygen atoms in total. The van der Waals surface area contributed by atoms with E-state index in [9.17, 15) is 19.2 Å². The summed E-state index contributed by atoms with van der Waals surface area (Å²) in [5.41, 5.74) is 0.306. The van der Waals surface area contributed by atoms with Crippen molar-refractivity contribution in [1.29, 1.82) is 0 Å². The van der Waals surface area contributed by atoms with Crippen LogP contribution >= 0.6 is 0 Å². The number of benzene rings is 1. The minimum atomic E-state index is -0.984. The first-order valence-corrected chi connectivity index (χ1v) is 11.8. The zero-order valence-electron chi connectivity index (χ0n) is 20.3. The third-order valence-corrected chi connectivity index (χ3v) is 6.22. The first-order valence-electron chi connectivity index (χ1n) is 11.8. The van der Waals surface area contributed by atoms with E-state index in [1.54, 1.807) is 20.8 Å². The quantitative estimate of drug-likeness (QED) is 0.613. The van der Waals surface area contributed by atoms with E-state index in [-0.39, 0.29) is 24.2 Å². The molecule has 0 aliphatic carbocycles. The third kappa shape index (κ3) is 6.48. The van der Waals surface area contributed by atoms with Gasteiger partial charge in [0.25, 0.3) is 0 Å². The molecule has 2 aliphatic heterocycles. The fourth-order valence-corrected chi connectivity index (χ4v) is 4.54. The first-order chi connectivity index (χ1) is 16.1. The summed E-state index contributed by atoms with van der Waals surface area (Å²) < 4.78 is 10.5. The normalized spacial score (nSPS) is 23.6. The lowest BCUT2D eigenvalue weighted by molar-refractivity contribution is -0.146. The second-order valence-electron chi connectivity index (χ2n) is 9.94. The van der Waals surface area contributed by atoms with Gasteiger partial charge in [0.1, 0.15) is 17.7 Å². The van der Waals surface area contributed by atoms with Crippen LogP contribution < -0.4 is 10.6 Å². The molecule has 1 aromatic rings. The van der Waals surface area contributed by atoms with Crippen LogP contribution in [0.4, 0.5) is 4.79 Å². The molecule has 1 aromatic carbocycles. The Balaban J connectivity index is 1.78. The molecule has 9 heteroatoms. The van der Waals surface area contributed by atoms with Gasteiger partial charge < -0.3 is 20.1 Å². The number of methoxy groups -OCH3 is 1. The number of carbonyl (C=O) groups excluding carboxylic acids is 4. The summed E-state index contributed by atoms with van der Waals surface area (Å²) in [6.07, 6.45) is 1.41. The van der Waals surface area contributed by atoms with Gasteiger partial charge in [-0.3, -0.25) is 14.5 Å². The molecule has 0 unspecified atom stereocenters. The lowest BCUT2D eigenvalue weighted by Crippen LogP contribution is -2.53. The van der Waals surface area contributed by atoms with Crippen LogP contribution in [0.2, 0.25) is 0 Å². The molecule has 3 rings (SSSR count). The summed E-state index contributed by atoms with van der Waals surface area (Å²) in [6, 6.07) is 7.90. The zero-order valence-corrected chi connectivity index (χ0v) is 20.3. The second kappa shape index (κ2) is 10.9. The summed E-state index contributed by atoms with van der Waals surface area (Å²) in [7, 11) is 1.25. The third-order valence-electron chi connectivity index (χ3n) is 6.22. The van der Waals surface area contributed by atoms with Gasteiger partial charge >= 0.3 is 12.1 Å². The van der Waals surface area contributed by atoms with E-state index in [1.165, 1.54) is 12.0 Å². The molecule has 2 aliphatic rings. The maximum absolute atomic E-state index is 13.4. The molecule has 0 aromatic heterocycles. The Morgan fingerprint density at radius 1 is 1.21 bits per heavy atom. The van der Waals surface area contributed by atoms with Crippen molar-refractivity contribution in [3.8, 4) is 0 Å². The molecule has 2 fully saturated rings. The number of rotatable bonds is 6. The van der Waals surface area contributed by atoms with Crippen LogP contribution in [0.25, 0.3) is 0 Å². The summed E-state index contributed by atoms with van der Waals surface area (Å²) in [5.74, 6) is -1.65. The van der Waals surface area contributed by atoms with Crippen LogP contribution in [0, 0.1) is 5.92 Å². The van der Waals surface area contributed by atoms with Crippen LogP contribution in [0.5, 0.6) is 0 Å². The summed E-state index contributed by atoms with van der Waals surface area (Å²) in [6.45, 7) is 6.25. The van der Waals surface area contributed by atoms with Gasteiger partial charge in [0, 0.05) is 24.9 Å². The molecule has 34 heavy (non-hydrogen) atoms. The molecular formula is C25H35N3O6. The Morgan fingerprint density at radius 2 is 1.91 bits per heavy atom. The van der Waals surface area contributed by atoms with Crippen molar-refractivity contribution >= 4 is 23.9 Å². The molecule has 0 radical (unpaired) electrons. The summed E-state index contributed by atoms with van der Waals surface area (Å²) in [4.78, 5) is 52.5. The van der Waals surface area contributed by atoms with Crippen molar-refractivity contribution in [2.24, 2.45) is 5.92 Å². The molecule has 0 spiro atoms. The van der Waals surface area contributed by atoms with Gasteiger partial charge in [0.15, 0.2) is 0 Å². The number of hydrogen-bond donors (Lipinski definition) is 2. The number of piperidine rings is 1. The topological polar surface area (TPSA) is 114 Å². The number of amides is 3. The van der Waals surface area contributed by atoms with Gasteiger partial charge in [-0.2, -0.15) is 0 Å². The van der Waals surface area contributed by atoms with E-state index in [0.29, 0.717) is 25.9 Å². The van der Waals surface area contributed by atoms with Gasteiger partial charge in [0.05, 0.1) is 7.11 Å². The van der Waals surface area contributed by atoms with Crippen molar-refractivity contribution in [1.82, 2.24) is 15.5 Å². The number of hydrogen-bond acceptors (Lipinski definition) is 6. The van der Waals surface area contributed by atoms with Crippen molar-refractivity contribution in [3.05, 3.63) is 35.9 Å². The van der Waals surface area contributed by atoms with E-state index < -0.39 is 35.7 Å². The smallest absolute Gasteiger partial charge is 0.410 e. The van der Waals surface area contributed by atoms with E-state index in [0.717, 1.165) is 12.0 Å². The highest BCUT2D eigenvalue weighted by molar-refractivity contribution is 5.90. The lowest BCUT2D eigenvalue weighted by Gasteiger charge is -2.30. The molecule has 0 bridgehead atoms. The average Bonchev–Trinajstić information content (AvgIpc) is 3.25. The summed E-state index contributed by atoms with van der Waals surface area (Å²) >= 11 is 0. The zero-order chi connectivity index (χ0) is 24.9. The minimum absolute atomic E-state index is 0.0508. The number of nitrogens with zero attached hydrogens (tertiary/aromatic N) is 1. The van der Waals surface area contributed by atoms with Crippen LogP contribution in [0.3, 0.4) is 0 Å². The number of nitrogens with one attached hydrogen (secondary N) is 2. The van der Waals surface area contributed by atoms with Crippen molar-refractivity contribution in [2.75, 3.05) is 20.2 Å². The predicted octanol–water partition coefficient (Wildman–Crippen LogP) is 2.35. The monoisotopic (exact) mass is 473 g/mol. The Labute approximate surface area is 200 Å². The SMILES string of the molecule is COC(=O)[C@H](C[C@@H]1CCCNC1=O)NC(=O)[C@@H]1C[C@@H](c2ccccc2)CN1C(=O)OC(C)(C)C. The molecule has 0 saturated carbocycles. The summed E-state index contributed by atoms with van der Waals surface area (Å²) in [5, 5.41) is 5.55. The number of esters is 1. The largest absolute Gasteiger partial charge is 0.467 e. The molecule has 2 heterocycles. The Kier molecular flexibility index (Phi) is 8.17. The standard InChI is InChI=1S/C25H35N3O6/c1-25(2,3)34-24(32)28-15-18(16-9-6-5-7-10-16)14-20(28)22(30)27-19(23(31)33-4)13-17-11-8-12-26-21(17)29/h5-7,9-10,17-20H,8,11-15H2,1-4H3,(H,26,29)(H,27,30)/t17-,18+,19-,20-/m0/s1. The Hall–Kier alpha value is -3.10. The Morgan fingerprint density at radius 3 is 2.53 bits per heavy atom. The maximum Gasteiger partial charge on any atom is 0.410 e. The van der Waals surface area contributed by atoms with Gasteiger partial charge in [-0.05, 0) is 52.0 Å². The molecule has 4 atom stereocenters. The van der Waals surface area contributed by atoms with Crippen LogP contribution in [0.1, 0.15) is 57.9 Å². The number of ether oxygens (including phenoxy) is 2. The molecule has 2 N–H and O–H groups in total. The van der Waals surface area contributed by atoms with E-state index in [2.05, 4.69) is 10.6 Å². The number of carbonyl (C=O) groups is 4. The second-order valence-corrected chi connectivity index (χ2v) is 9.94. The van der Waals surface area contributed by atoms with Crippen LogP contribution in [-0.2, 0) is 23.9 Å². The van der Waals surface area contributed by atoms with E-state index in [1.807, 2.05) is 30.3 Å². The highest BCUT2D eigenvalue weighted by Crippen LogP contribution is 2.33. The minimum Gasteiger partial charge on any atom is -0.467 e. The molecule has 3 amide bonds. The first kappa shape index (κ1) is 25.5. The van der Waals surface area contributed by atoms with E-state index >= 15 is 0 Å². The lowest BCUT2D eigenvalue weighted by atomic mass is 9.91. The van der Waals surface area contributed by atoms with Gasteiger partial charge in [-0.15, -0.1) is 0 Å². The molecule has 186 valence electrons. The Bertz CT molecular complexity index is 898. The van der Waals surface area contributed by atoms with Gasteiger partial charge in [0.2, 0.25) is 11.8 Å². The van der Waals surface area contributed by atoms with Crippen molar-refractivity contribution < 1.29 is 28.7 Å². The van der Waals surface area contributed by atoms with Crippen LogP contribution in [-0.4, -0.2) is 66.7 Å². The van der Waals surface area contributed by atoms with Gasteiger partial charge in [-0.25, -0.2) is 9.59 Å². The highest BCUT2D eigenvalue weighted by Gasteiger charge is 2.43. The predicted molar refractivity (Wildman–Crippen MR) is 125 cm³/mol. The average molecular weight is 474 g/mol. The fraction of sp³-hybridized carbons (Fsp3) is 0.600. The molecule has 2 saturated heterocycles.